The van der Waals surface area contributed by atoms with Gasteiger partial charge < -0.3 is 15.6 Å². The lowest BCUT2D eigenvalue weighted by Gasteiger charge is -2.10. The van der Waals surface area contributed by atoms with Gasteiger partial charge in [-0.1, -0.05) is 6.07 Å². The number of amides is 2. The van der Waals surface area contributed by atoms with E-state index in [-0.39, 0.29) is 23.9 Å². The second kappa shape index (κ2) is 8.30. The van der Waals surface area contributed by atoms with E-state index in [0.29, 0.717) is 22.4 Å². The zero-order valence-corrected chi connectivity index (χ0v) is 15.6. The number of pyridine rings is 2. The molecule has 3 aromatic rings. The third kappa shape index (κ3) is 4.50. The summed E-state index contributed by atoms with van der Waals surface area (Å²) in [6.07, 6.45) is 3.05. The van der Waals surface area contributed by atoms with Gasteiger partial charge in [0.15, 0.2) is 0 Å². The van der Waals surface area contributed by atoms with Crippen LogP contribution in [-0.2, 0) is 6.54 Å². The number of carbonyl (C=O) groups is 2. The second-order valence-electron chi connectivity index (χ2n) is 6.40. The first-order valence-corrected chi connectivity index (χ1v) is 8.73. The normalized spacial score (nSPS) is 10.4. The van der Waals surface area contributed by atoms with Crippen LogP contribution in [0.3, 0.4) is 0 Å². The average Bonchev–Trinajstić information content (AvgIpc) is 2.68. The maximum Gasteiger partial charge on any atom is 0.257 e. The monoisotopic (exact) mass is 376 g/mol. The Bertz CT molecular complexity index is 1070. The predicted octanol–water partition coefficient (Wildman–Crippen LogP) is 2.57. The molecule has 142 valence electrons. The number of aromatic nitrogens is 2. The third-order valence-corrected chi connectivity index (χ3v) is 4.23. The molecule has 3 N–H and O–H groups in total. The van der Waals surface area contributed by atoms with Crippen molar-refractivity contribution in [3.05, 3.63) is 93.2 Å². The molecular formula is C21H20N4O3. The lowest BCUT2D eigenvalue weighted by atomic mass is 10.1. The van der Waals surface area contributed by atoms with Crippen LogP contribution in [0.2, 0.25) is 0 Å². The molecule has 0 unspecified atom stereocenters. The zero-order valence-electron chi connectivity index (χ0n) is 15.6. The van der Waals surface area contributed by atoms with Crippen LogP contribution in [-0.4, -0.2) is 21.8 Å². The van der Waals surface area contributed by atoms with Gasteiger partial charge in [-0.15, -0.1) is 0 Å². The van der Waals surface area contributed by atoms with Gasteiger partial charge in [0.25, 0.3) is 17.4 Å². The van der Waals surface area contributed by atoms with Crippen LogP contribution in [0.5, 0.6) is 0 Å². The molecule has 7 nitrogen and oxygen atoms in total. The van der Waals surface area contributed by atoms with Crippen LogP contribution in [0, 0.1) is 13.8 Å². The van der Waals surface area contributed by atoms with E-state index in [1.54, 1.807) is 42.6 Å². The van der Waals surface area contributed by atoms with Gasteiger partial charge >= 0.3 is 0 Å². The topological polar surface area (TPSA) is 104 Å². The number of hydrogen-bond acceptors (Lipinski definition) is 4. The second-order valence-corrected chi connectivity index (χ2v) is 6.40. The molecule has 0 aliphatic carbocycles. The van der Waals surface area contributed by atoms with Crippen molar-refractivity contribution in [3.63, 3.8) is 0 Å². The molecule has 0 spiro atoms. The zero-order chi connectivity index (χ0) is 20.1. The Labute approximate surface area is 161 Å². The SMILES string of the molecule is Cc1cc(C)c(CNC(=O)c2cccc(NC(=O)c3cccnc3)c2)c(=O)[nH]1. The van der Waals surface area contributed by atoms with Crippen molar-refractivity contribution in [2.24, 2.45) is 0 Å². The smallest absolute Gasteiger partial charge is 0.257 e. The summed E-state index contributed by atoms with van der Waals surface area (Å²) in [6, 6.07) is 11.8. The van der Waals surface area contributed by atoms with Crippen LogP contribution in [0.1, 0.15) is 37.5 Å². The van der Waals surface area contributed by atoms with E-state index in [1.807, 2.05) is 19.9 Å². The molecule has 7 heteroatoms. The number of benzene rings is 1. The molecular weight excluding hydrogens is 356 g/mol. The van der Waals surface area contributed by atoms with Crippen molar-refractivity contribution in [1.82, 2.24) is 15.3 Å². The summed E-state index contributed by atoms with van der Waals surface area (Å²) in [7, 11) is 0. The van der Waals surface area contributed by atoms with E-state index in [0.717, 1.165) is 11.3 Å². The van der Waals surface area contributed by atoms with E-state index >= 15 is 0 Å². The van der Waals surface area contributed by atoms with E-state index in [9.17, 15) is 14.4 Å². The summed E-state index contributed by atoms with van der Waals surface area (Å²) in [5, 5.41) is 5.48. The highest BCUT2D eigenvalue weighted by Crippen LogP contribution is 2.13. The lowest BCUT2D eigenvalue weighted by Crippen LogP contribution is -2.28. The first kappa shape index (κ1) is 19.0. The molecule has 0 saturated heterocycles. The van der Waals surface area contributed by atoms with Gasteiger partial charge in [0.2, 0.25) is 0 Å². The van der Waals surface area contributed by atoms with Gasteiger partial charge in [0, 0.05) is 41.4 Å². The van der Waals surface area contributed by atoms with E-state index in [1.165, 1.54) is 6.20 Å². The van der Waals surface area contributed by atoms with Crippen molar-refractivity contribution in [1.29, 1.82) is 0 Å². The number of rotatable bonds is 5. The highest BCUT2D eigenvalue weighted by atomic mass is 16.2. The van der Waals surface area contributed by atoms with Crippen LogP contribution in [0.15, 0.2) is 59.7 Å². The Hall–Kier alpha value is -3.74. The maximum absolute atomic E-state index is 12.5. The maximum atomic E-state index is 12.5. The minimum absolute atomic E-state index is 0.118. The minimum atomic E-state index is -0.336. The van der Waals surface area contributed by atoms with E-state index in [2.05, 4.69) is 20.6 Å². The van der Waals surface area contributed by atoms with Crippen LogP contribution < -0.4 is 16.2 Å². The number of aromatic amines is 1. The van der Waals surface area contributed by atoms with Gasteiger partial charge in [-0.25, -0.2) is 0 Å². The first-order valence-electron chi connectivity index (χ1n) is 8.73. The molecule has 0 aliphatic rings. The lowest BCUT2D eigenvalue weighted by molar-refractivity contribution is 0.0949. The largest absolute Gasteiger partial charge is 0.348 e. The number of nitrogens with zero attached hydrogens (tertiary/aromatic N) is 1. The number of H-pyrrole nitrogens is 1. The molecule has 0 atom stereocenters. The number of anilines is 1. The first-order chi connectivity index (χ1) is 13.4. The van der Waals surface area contributed by atoms with Gasteiger partial charge in [-0.05, 0) is 55.8 Å². The van der Waals surface area contributed by atoms with Crippen LogP contribution in [0.4, 0.5) is 5.69 Å². The van der Waals surface area contributed by atoms with Crippen LogP contribution in [0.25, 0.3) is 0 Å². The highest BCUT2D eigenvalue weighted by Gasteiger charge is 2.11. The Kier molecular flexibility index (Phi) is 5.64. The summed E-state index contributed by atoms with van der Waals surface area (Å²) in [5.74, 6) is -0.649. The number of carbonyl (C=O) groups excluding carboxylic acids is 2. The summed E-state index contributed by atoms with van der Waals surface area (Å²) in [6.45, 7) is 3.76. The van der Waals surface area contributed by atoms with Crippen molar-refractivity contribution in [2.45, 2.75) is 20.4 Å². The molecule has 0 bridgehead atoms. The molecule has 2 aromatic heterocycles. The summed E-state index contributed by atoms with van der Waals surface area (Å²) >= 11 is 0. The van der Waals surface area contributed by atoms with Gasteiger partial charge in [0.05, 0.1) is 5.56 Å². The molecule has 28 heavy (non-hydrogen) atoms. The Morgan fingerprint density at radius 3 is 2.54 bits per heavy atom. The van der Waals surface area contributed by atoms with E-state index in [4.69, 9.17) is 0 Å². The molecule has 2 heterocycles. The van der Waals surface area contributed by atoms with Crippen molar-refractivity contribution < 1.29 is 9.59 Å². The molecule has 1 aromatic carbocycles. The minimum Gasteiger partial charge on any atom is -0.348 e. The molecule has 2 amide bonds. The van der Waals surface area contributed by atoms with Gasteiger partial charge in [-0.3, -0.25) is 19.4 Å². The fourth-order valence-electron chi connectivity index (χ4n) is 2.81. The fourth-order valence-corrected chi connectivity index (χ4v) is 2.81. The Morgan fingerprint density at radius 1 is 1.04 bits per heavy atom. The van der Waals surface area contributed by atoms with Crippen molar-refractivity contribution in [3.8, 4) is 0 Å². The average molecular weight is 376 g/mol. The van der Waals surface area contributed by atoms with Crippen molar-refractivity contribution >= 4 is 17.5 Å². The Balaban J connectivity index is 1.69. The summed E-state index contributed by atoms with van der Waals surface area (Å²) in [4.78, 5) is 43.4. The molecule has 0 fully saturated rings. The van der Waals surface area contributed by atoms with Crippen molar-refractivity contribution in [2.75, 3.05) is 5.32 Å². The van der Waals surface area contributed by atoms with E-state index < -0.39 is 0 Å². The van der Waals surface area contributed by atoms with Gasteiger partial charge in [-0.2, -0.15) is 0 Å². The summed E-state index contributed by atoms with van der Waals surface area (Å²) < 4.78 is 0. The standard InChI is InChI=1S/C21H20N4O3/c1-13-9-14(2)24-21(28)18(13)12-23-19(26)15-5-3-7-17(10-15)25-20(27)16-6-4-8-22-11-16/h3-11H,12H2,1-2H3,(H,23,26)(H,24,28)(H,25,27). The highest BCUT2D eigenvalue weighted by molar-refractivity contribution is 6.04. The third-order valence-electron chi connectivity index (χ3n) is 4.23. The number of nitrogens with one attached hydrogen (secondary N) is 3. The quantitative estimate of drug-likeness (QED) is 0.636. The molecule has 0 aliphatic heterocycles. The van der Waals surface area contributed by atoms with Crippen LogP contribution >= 0.6 is 0 Å². The number of hydrogen-bond donors (Lipinski definition) is 3. The molecule has 3 rings (SSSR count). The predicted molar refractivity (Wildman–Crippen MR) is 106 cm³/mol. The fraction of sp³-hybridized carbons (Fsp3) is 0.143. The Morgan fingerprint density at radius 2 is 1.82 bits per heavy atom. The number of aryl methyl sites for hydroxylation is 2. The molecule has 0 radical (unpaired) electrons. The van der Waals surface area contributed by atoms with Gasteiger partial charge in [0.1, 0.15) is 0 Å². The summed E-state index contributed by atoms with van der Waals surface area (Å²) in [5.41, 5.74) is 3.19. The molecule has 0 saturated carbocycles.